The van der Waals surface area contributed by atoms with Crippen LogP contribution in [0.15, 0.2) is 60.7 Å². The van der Waals surface area contributed by atoms with Crippen molar-refractivity contribution in [1.29, 1.82) is 0 Å². The Labute approximate surface area is 217 Å². The summed E-state index contributed by atoms with van der Waals surface area (Å²) in [5.41, 5.74) is 3.69. The number of ether oxygens (including phenoxy) is 4. The molecule has 0 aliphatic carbocycles. The molecule has 0 aromatic heterocycles. The number of amides is 1. The van der Waals surface area contributed by atoms with Gasteiger partial charge in [0, 0.05) is 18.5 Å². The van der Waals surface area contributed by atoms with E-state index in [0.29, 0.717) is 61.2 Å². The van der Waals surface area contributed by atoms with Crippen LogP contribution in [0.3, 0.4) is 0 Å². The van der Waals surface area contributed by atoms with E-state index in [-0.39, 0.29) is 12.5 Å². The summed E-state index contributed by atoms with van der Waals surface area (Å²) in [5, 5.41) is 16.6. The van der Waals surface area contributed by atoms with E-state index in [2.05, 4.69) is 10.6 Å². The van der Waals surface area contributed by atoms with Crippen molar-refractivity contribution in [3.8, 4) is 23.0 Å². The van der Waals surface area contributed by atoms with Gasteiger partial charge < -0.3 is 34.7 Å². The van der Waals surface area contributed by atoms with Crippen LogP contribution in [0, 0.1) is 0 Å². The molecule has 3 N–H and O–H groups in total. The number of hydrogen-bond donors (Lipinski definition) is 3. The Bertz CT molecular complexity index is 1180. The molecule has 0 spiro atoms. The number of hydrogen-bond acceptors (Lipinski definition) is 7. The molecule has 0 saturated heterocycles. The second-order valence-electron chi connectivity index (χ2n) is 8.85. The number of rotatable bonds is 13. The zero-order valence-electron chi connectivity index (χ0n) is 21.3. The summed E-state index contributed by atoms with van der Waals surface area (Å²) in [6, 6.07) is 19.3. The van der Waals surface area contributed by atoms with Crippen molar-refractivity contribution in [3.05, 3.63) is 77.4 Å². The summed E-state index contributed by atoms with van der Waals surface area (Å²) in [6.07, 6.45) is 1.03. The highest BCUT2D eigenvalue weighted by atomic mass is 16.5. The zero-order valence-corrected chi connectivity index (χ0v) is 21.3. The van der Waals surface area contributed by atoms with Crippen molar-refractivity contribution in [1.82, 2.24) is 5.32 Å². The summed E-state index contributed by atoms with van der Waals surface area (Å²) >= 11 is 0. The predicted octanol–water partition coefficient (Wildman–Crippen LogP) is 3.74. The van der Waals surface area contributed by atoms with E-state index >= 15 is 0 Å². The van der Waals surface area contributed by atoms with Gasteiger partial charge in [0.15, 0.2) is 11.5 Å². The van der Waals surface area contributed by atoms with Crippen LogP contribution in [0.1, 0.15) is 23.1 Å². The quantitative estimate of drug-likeness (QED) is 0.304. The minimum atomic E-state index is -0.687. The number of carbonyl (C=O) groups is 1. The van der Waals surface area contributed by atoms with Crippen molar-refractivity contribution >= 4 is 11.6 Å². The van der Waals surface area contributed by atoms with Gasteiger partial charge in [-0.3, -0.25) is 4.79 Å². The summed E-state index contributed by atoms with van der Waals surface area (Å²) in [6.45, 7) is 1.62. The van der Waals surface area contributed by atoms with Gasteiger partial charge in [-0.1, -0.05) is 36.4 Å². The van der Waals surface area contributed by atoms with Gasteiger partial charge in [-0.15, -0.1) is 0 Å². The van der Waals surface area contributed by atoms with Crippen LogP contribution >= 0.6 is 0 Å². The van der Waals surface area contributed by atoms with Crippen LogP contribution in [-0.4, -0.2) is 51.0 Å². The van der Waals surface area contributed by atoms with Crippen molar-refractivity contribution in [3.63, 3.8) is 0 Å². The number of carbonyl (C=O) groups excluding carboxylic acids is 1. The molecule has 37 heavy (non-hydrogen) atoms. The molecule has 3 aromatic rings. The highest BCUT2D eigenvalue weighted by Crippen LogP contribution is 2.39. The standard InChI is InChI=1S/C29H34N2O6/c1-34-25-10-8-20(16-27(25)35-2)14-15-30-17-22(32)19-37-24-11-12-26(29-23(24)9-13-28(33)31-29)36-18-21-6-4-3-5-7-21/h3-8,10-12,16,22,30,32H,9,13-15,17-19H2,1-2H3,(H,31,33). The van der Waals surface area contributed by atoms with E-state index in [1.54, 1.807) is 20.3 Å². The second-order valence-corrected chi connectivity index (χ2v) is 8.85. The molecule has 4 rings (SSSR count). The Hall–Kier alpha value is -3.75. The van der Waals surface area contributed by atoms with Gasteiger partial charge in [0.2, 0.25) is 5.91 Å². The Morgan fingerprint density at radius 1 is 0.892 bits per heavy atom. The summed E-state index contributed by atoms with van der Waals surface area (Å²) in [4.78, 5) is 12.1. The molecule has 0 bridgehead atoms. The number of aliphatic hydroxyl groups is 1. The maximum atomic E-state index is 12.1. The monoisotopic (exact) mass is 506 g/mol. The molecule has 1 amide bonds. The molecule has 1 aliphatic rings. The topological polar surface area (TPSA) is 98.3 Å². The minimum Gasteiger partial charge on any atom is -0.493 e. The lowest BCUT2D eigenvalue weighted by Gasteiger charge is -2.24. The number of methoxy groups -OCH3 is 2. The van der Waals surface area contributed by atoms with Gasteiger partial charge >= 0.3 is 0 Å². The first-order valence-corrected chi connectivity index (χ1v) is 12.4. The van der Waals surface area contributed by atoms with E-state index in [4.69, 9.17) is 18.9 Å². The van der Waals surface area contributed by atoms with Crippen molar-refractivity contribution < 1.29 is 28.8 Å². The number of anilines is 1. The summed E-state index contributed by atoms with van der Waals surface area (Å²) in [5.74, 6) is 2.60. The molecule has 1 heterocycles. The number of nitrogens with one attached hydrogen (secondary N) is 2. The fourth-order valence-electron chi connectivity index (χ4n) is 4.21. The Balaban J connectivity index is 1.28. The van der Waals surface area contributed by atoms with Crippen LogP contribution < -0.4 is 29.6 Å². The lowest BCUT2D eigenvalue weighted by molar-refractivity contribution is -0.116. The second kappa shape index (κ2) is 13.0. The maximum Gasteiger partial charge on any atom is 0.224 e. The lowest BCUT2D eigenvalue weighted by Crippen LogP contribution is -2.32. The van der Waals surface area contributed by atoms with Gasteiger partial charge in [-0.05, 0) is 54.8 Å². The summed E-state index contributed by atoms with van der Waals surface area (Å²) < 4.78 is 22.6. The molecule has 1 atom stereocenters. The molecule has 1 unspecified atom stereocenters. The van der Waals surface area contributed by atoms with Gasteiger partial charge in [0.05, 0.1) is 19.9 Å². The normalized spacial score (nSPS) is 13.3. The van der Waals surface area contributed by atoms with E-state index in [9.17, 15) is 9.90 Å². The maximum absolute atomic E-state index is 12.1. The van der Waals surface area contributed by atoms with Gasteiger partial charge in [0.1, 0.15) is 30.8 Å². The zero-order chi connectivity index (χ0) is 26.0. The molecular formula is C29H34N2O6. The highest BCUT2D eigenvalue weighted by Gasteiger charge is 2.23. The first-order valence-electron chi connectivity index (χ1n) is 12.4. The molecule has 0 radical (unpaired) electrons. The molecule has 1 aliphatic heterocycles. The van der Waals surface area contributed by atoms with Crippen LogP contribution in [0.2, 0.25) is 0 Å². The molecule has 8 nitrogen and oxygen atoms in total. The molecule has 3 aromatic carbocycles. The lowest BCUT2D eigenvalue weighted by atomic mass is 10.0. The fourth-order valence-corrected chi connectivity index (χ4v) is 4.21. The molecule has 0 fully saturated rings. The van der Waals surface area contributed by atoms with Crippen molar-refractivity contribution in [2.24, 2.45) is 0 Å². The molecule has 8 heteroatoms. The average molecular weight is 507 g/mol. The summed E-state index contributed by atoms with van der Waals surface area (Å²) in [7, 11) is 3.23. The average Bonchev–Trinajstić information content (AvgIpc) is 2.93. The smallest absolute Gasteiger partial charge is 0.224 e. The number of fused-ring (bicyclic) bond motifs is 1. The van der Waals surface area contributed by atoms with Gasteiger partial charge in [0.25, 0.3) is 0 Å². The Morgan fingerprint density at radius 3 is 2.43 bits per heavy atom. The van der Waals surface area contributed by atoms with Gasteiger partial charge in [-0.2, -0.15) is 0 Å². The van der Waals surface area contributed by atoms with Crippen LogP contribution in [-0.2, 0) is 24.2 Å². The third-order valence-corrected chi connectivity index (χ3v) is 6.18. The SMILES string of the molecule is COc1ccc(CCNCC(O)COc2ccc(OCc3ccccc3)c3c2CCC(=O)N3)cc1OC. The largest absolute Gasteiger partial charge is 0.493 e. The first kappa shape index (κ1) is 26.3. The van der Waals surface area contributed by atoms with E-state index in [1.807, 2.05) is 54.6 Å². The van der Waals surface area contributed by atoms with Crippen molar-refractivity contribution in [2.45, 2.75) is 32.0 Å². The Kier molecular flexibility index (Phi) is 9.24. The van der Waals surface area contributed by atoms with E-state index in [1.165, 1.54) is 0 Å². The van der Waals surface area contributed by atoms with E-state index in [0.717, 1.165) is 23.1 Å². The molecule has 196 valence electrons. The third kappa shape index (κ3) is 7.15. The van der Waals surface area contributed by atoms with Gasteiger partial charge in [-0.25, -0.2) is 0 Å². The van der Waals surface area contributed by atoms with E-state index < -0.39 is 6.10 Å². The fraction of sp³-hybridized carbons (Fsp3) is 0.345. The van der Waals surface area contributed by atoms with Crippen LogP contribution in [0.5, 0.6) is 23.0 Å². The molecular weight excluding hydrogens is 472 g/mol. The van der Waals surface area contributed by atoms with Crippen LogP contribution in [0.25, 0.3) is 0 Å². The first-order chi connectivity index (χ1) is 18.1. The van der Waals surface area contributed by atoms with Crippen molar-refractivity contribution in [2.75, 3.05) is 39.2 Å². The minimum absolute atomic E-state index is 0.0482. The predicted molar refractivity (Wildman–Crippen MR) is 142 cm³/mol. The highest BCUT2D eigenvalue weighted by molar-refractivity contribution is 5.96. The van der Waals surface area contributed by atoms with Crippen LogP contribution in [0.4, 0.5) is 5.69 Å². The third-order valence-electron chi connectivity index (χ3n) is 6.18. The Morgan fingerprint density at radius 2 is 1.65 bits per heavy atom. The number of benzene rings is 3. The number of aliphatic hydroxyl groups excluding tert-OH is 1. The molecule has 0 saturated carbocycles.